The third-order valence-electron chi connectivity index (χ3n) is 2.23. The number of hydrogen-bond acceptors (Lipinski definition) is 2. The molecule has 0 saturated heterocycles. The van der Waals surface area contributed by atoms with Crippen LogP contribution < -0.4 is 4.74 Å². The highest BCUT2D eigenvalue weighted by Gasteiger charge is 2.09. The normalized spacial score (nSPS) is 10.3. The van der Waals surface area contributed by atoms with E-state index in [2.05, 4.69) is 0 Å². The van der Waals surface area contributed by atoms with Crippen LogP contribution in [-0.2, 0) is 6.42 Å². The number of hydrogen-bond donors (Lipinski definition) is 1. The summed E-state index contributed by atoms with van der Waals surface area (Å²) < 4.78 is 18.3. The second kappa shape index (κ2) is 4.96. The van der Waals surface area contributed by atoms with Crippen molar-refractivity contribution in [2.45, 2.75) is 19.8 Å². The first-order valence-corrected chi connectivity index (χ1v) is 4.63. The monoisotopic (exact) mass is 198 g/mol. The van der Waals surface area contributed by atoms with Gasteiger partial charge in [0.15, 0.2) is 0 Å². The summed E-state index contributed by atoms with van der Waals surface area (Å²) in [6.45, 7) is 1.83. The van der Waals surface area contributed by atoms with Crippen molar-refractivity contribution < 1.29 is 14.2 Å². The van der Waals surface area contributed by atoms with Gasteiger partial charge in [0, 0.05) is 12.2 Å². The van der Waals surface area contributed by atoms with Crippen molar-refractivity contribution in [2.24, 2.45) is 0 Å². The lowest BCUT2D eigenvalue weighted by molar-refractivity contribution is 0.287. The van der Waals surface area contributed by atoms with Gasteiger partial charge in [0.05, 0.1) is 7.11 Å². The van der Waals surface area contributed by atoms with E-state index in [1.54, 1.807) is 13.0 Å². The fourth-order valence-electron chi connectivity index (χ4n) is 1.47. The van der Waals surface area contributed by atoms with Crippen LogP contribution in [0.5, 0.6) is 5.75 Å². The molecule has 0 aliphatic rings. The lowest BCUT2D eigenvalue weighted by Gasteiger charge is -2.11. The van der Waals surface area contributed by atoms with Crippen molar-refractivity contribution in [1.82, 2.24) is 0 Å². The third kappa shape index (κ3) is 2.23. The molecule has 0 fully saturated rings. The average molecular weight is 198 g/mol. The fraction of sp³-hybridized carbons (Fsp3) is 0.455. The first-order valence-electron chi connectivity index (χ1n) is 4.63. The first-order chi connectivity index (χ1) is 6.70. The molecule has 0 spiro atoms. The Morgan fingerprint density at radius 1 is 1.43 bits per heavy atom. The number of aliphatic hydroxyl groups excluding tert-OH is 1. The Morgan fingerprint density at radius 3 is 2.71 bits per heavy atom. The number of methoxy groups -OCH3 is 1. The molecule has 0 aliphatic carbocycles. The largest absolute Gasteiger partial charge is 0.496 e. The molecule has 1 aromatic carbocycles. The summed E-state index contributed by atoms with van der Waals surface area (Å²) in [6.07, 6.45) is 1.38. The molecule has 0 radical (unpaired) electrons. The maximum Gasteiger partial charge on any atom is 0.129 e. The highest BCUT2D eigenvalue weighted by Crippen LogP contribution is 2.26. The van der Waals surface area contributed by atoms with Gasteiger partial charge in [0.25, 0.3) is 0 Å². The summed E-state index contributed by atoms with van der Waals surface area (Å²) in [4.78, 5) is 0. The van der Waals surface area contributed by atoms with Crippen molar-refractivity contribution in [1.29, 1.82) is 0 Å². The molecule has 0 bridgehead atoms. The Hall–Kier alpha value is -1.09. The van der Waals surface area contributed by atoms with Crippen LogP contribution in [-0.4, -0.2) is 18.8 Å². The number of aliphatic hydroxyl groups is 1. The number of halogens is 1. The Bertz CT molecular complexity index is 310. The van der Waals surface area contributed by atoms with Crippen LogP contribution in [0, 0.1) is 12.7 Å². The minimum absolute atomic E-state index is 0.138. The van der Waals surface area contributed by atoms with E-state index in [-0.39, 0.29) is 12.4 Å². The van der Waals surface area contributed by atoms with Gasteiger partial charge in [-0.05, 0) is 31.4 Å². The van der Waals surface area contributed by atoms with E-state index >= 15 is 0 Å². The highest BCUT2D eigenvalue weighted by molar-refractivity contribution is 5.41. The highest BCUT2D eigenvalue weighted by atomic mass is 19.1. The maximum absolute atomic E-state index is 13.1. The molecule has 0 aromatic heterocycles. The van der Waals surface area contributed by atoms with Gasteiger partial charge < -0.3 is 9.84 Å². The molecule has 78 valence electrons. The molecule has 3 heteroatoms. The van der Waals surface area contributed by atoms with Crippen LogP contribution in [0.3, 0.4) is 0 Å². The summed E-state index contributed by atoms with van der Waals surface area (Å²) in [5.41, 5.74) is 1.48. The zero-order valence-electron chi connectivity index (χ0n) is 8.51. The molecule has 0 amide bonds. The van der Waals surface area contributed by atoms with Crippen molar-refractivity contribution >= 4 is 0 Å². The summed E-state index contributed by atoms with van der Waals surface area (Å²) in [6, 6.07) is 3.14. The molecule has 1 aromatic rings. The second-order valence-electron chi connectivity index (χ2n) is 3.19. The van der Waals surface area contributed by atoms with Crippen molar-refractivity contribution in [3.63, 3.8) is 0 Å². The number of ether oxygens (including phenoxy) is 1. The van der Waals surface area contributed by atoms with Gasteiger partial charge in [0.1, 0.15) is 11.6 Å². The Balaban J connectivity index is 2.98. The maximum atomic E-state index is 13.1. The lowest BCUT2D eigenvalue weighted by atomic mass is 10.0. The Kier molecular flexibility index (Phi) is 3.89. The van der Waals surface area contributed by atoms with Gasteiger partial charge >= 0.3 is 0 Å². The zero-order chi connectivity index (χ0) is 10.6. The predicted molar refractivity (Wildman–Crippen MR) is 53.1 cm³/mol. The molecule has 1 rings (SSSR count). The Morgan fingerprint density at radius 2 is 2.14 bits per heavy atom. The second-order valence-corrected chi connectivity index (χ2v) is 3.19. The zero-order valence-corrected chi connectivity index (χ0v) is 8.51. The molecule has 0 heterocycles. The van der Waals surface area contributed by atoms with Crippen LogP contribution in [0.1, 0.15) is 17.5 Å². The van der Waals surface area contributed by atoms with Gasteiger partial charge in [0.2, 0.25) is 0 Å². The van der Waals surface area contributed by atoms with Gasteiger partial charge in [-0.15, -0.1) is 0 Å². The fourth-order valence-corrected chi connectivity index (χ4v) is 1.47. The SMILES string of the molecule is COc1c(CCCO)ccc(F)c1C. The van der Waals surface area contributed by atoms with E-state index in [1.165, 1.54) is 13.2 Å². The summed E-state index contributed by atoms with van der Waals surface area (Å²) in [5, 5.41) is 8.70. The smallest absolute Gasteiger partial charge is 0.129 e. The molecular weight excluding hydrogens is 183 g/mol. The summed E-state index contributed by atoms with van der Waals surface area (Å²) in [5.74, 6) is 0.341. The van der Waals surface area contributed by atoms with Crippen LogP contribution in [0.25, 0.3) is 0 Å². The number of benzene rings is 1. The summed E-state index contributed by atoms with van der Waals surface area (Å²) >= 11 is 0. The van der Waals surface area contributed by atoms with Gasteiger partial charge in [-0.1, -0.05) is 6.07 Å². The van der Waals surface area contributed by atoms with Gasteiger partial charge in [-0.2, -0.15) is 0 Å². The van der Waals surface area contributed by atoms with E-state index in [4.69, 9.17) is 9.84 Å². The van der Waals surface area contributed by atoms with Crippen molar-refractivity contribution in [2.75, 3.05) is 13.7 Å². The van der Waals surface area contributed by atoms with Crippen molar-refractivity contribution in [3.8, 4) is 5.75 Å². The van der Waals surface area contributed by atoms with Crippen LogP contribution in [0.15, 0.2) is 12.1 Å². The van der Waals surface area contributed by atoms with Crippen molar-refractivity contribution in [3.05, 3.63) is 29.1 Å². The van der Waals surface area contributed by atoms with Crippen LogP contribution in [0.4, 0.5) is 4.39 Å². The quantitative estimate of drug-likeness (QED) is 0.802. The molecule has 0 atom stereocenters. The standard InChI is InChI=1S/C11H15FO2/c1-8-10(12)6-5-9(4-3-7-13)11(8)14-2/h5-6,13H,3-4,7H2,1-2H3. The molecule has 14 heavy (non-hydrogen) atoms. The topological polar surface area (TPSA) is 29.5 Å². The molecular formula is C11H15FO2. The van der Waals surface area contributed by atoms with E-state index in [0.29, 0.717) is 24.2 Å². The third-order valence-corrected chi connectivity index (χ3v) is 2.23. The molecule has 2 nitrogen and oxygen atoms in total. The summed E-state index contributed by atoms with van der Waals surface area (Å²) in [7, 11) is 1.53. The van der Waals surface area contributed by atoms with Crippen LogP contribution >= 0.6 is 0 Å². The van der Waals surface area contributed by atoms with Gasteiger partial charge in [-0.25, -0.2) is 4.39 Å². The first kappa shape index (κ1) is 11.0. The number of rotatable bonds is 4. The van der Waals surface area contributed by atoms with Gasteiger partial charge in [-0.3, -0.25) is 0 Å². The van der Waals surface area contributed by atoms with E-state index in [9.17, 15) is 4.39 Å². The average Bonchev–Trinajstić information content (AvgIpc) is 2.20. The molecule has 0 saturated carbocycles. The molecule has 0 aliphatic heterocycles. The minimum atomic E-state index is -0.255. The molecule has 0 unspecified atom stereocenters. The van der Waals surface area contributed by atoms with E-state index in [0.717, 1.165) is 5.56 Å². The van der Waals surface area contributed by atoms with E-state index < -0.39 is 0 Å². The lowest BCUT2D eigenvalue weighted by Crippen LogP contribution is -1.98. The Labute approximate surface area is 83.3 Å². The van der Waals surface area contributed by atoms with Crippen LogP contribution in [0.2, 0.25) is 0 Å². The minimum Gasteiger partial charge on any atom is -0.496 e. The van der Waals surface area contributed by atoms with E-state index in [1.807, 2.05) is 0 Å². The molecule has 1 N–H and O–H groups in total. The predicted octanol–water partition coefficient (Wildman–Crippen LogP) is 2.07. The number of aryl methyl sites for hydroxylation is 1.